The molecular formula is C16H23N3S2. The van der Waals surface area contributed by atoms with Crippen molar-refractivity contribution < 1.29 is 0 Å². The van der Waals surface area contributed by atoms with E-state index in [1.54, 1.807) is 0 Å². The molecule has 0 fully saturated rings. The van der Waals surface area contributed by atoms with Crippen molar-refractivity contribution in [2.45, 2.75) is 51.7 Å². The predicted octanol–water partition coefficient (Wildman–Crippen LogP) is 4.22. The molecule has 0 spiro atoms. The average molecular weight is 322 g/mol. The van der Waals surface area contributed by atoms with Crippen LogP contribution in [0.25, 0.3) is 0 Å². The van der Waals surface area contributed by atoms with Crippen molar-refractivity contribution in [2.24, 2.45) is 0 Å². The summed E-state index contributed by atoms with van der Waals surface area (Å²) in [6.07, 6.45) is 3.67. The second-order valence-electron chi connectivity index (χ2n) is 5.84. The third kappa shape index (κ3) is 3.15. The zero-order chi connectivity index (χ0) is 14.8. The summed E-state index contributed by atoms with van der Waals surface area (Å²) in [5.41, 5.74) is 1.29. The van der Waals surface area contributed by atoms with Crippen LogP contribution >= 0.6 is 22.7 Å². The maximum Gasteiger partial charge on any atom is 0.186 e. The second kappa shape index (κ2) is 6.46. The molecule has 1 atom stereocenters. The van der Waals surface area contributed by atoms with Gasteiger partial charge in [-0.2, -0.15) is 0 Å². The molecule has 1 aliphatic carbocycles. The highest BCUT2D eigenvalue weighted by molar-refractivity contribution is 7.15. The first-order valence-electron chi connectivity index (χ1n) is 7.65. The van der Waals surface area contributed by atoms with Gasteiger partial charge in [-0.25, -0.2) is 4.98 Å². The fourth-order valence-corrected chi connectivity index (χ4v) is 4.85. The number of anilines is 1. The molecule has 3 nitrogen and oxygen atoms in total. The molecule has 21 heavy (non-hydrogen) atoms. The van der Waals surface area contributed by atoms with Crippen molar-refractivity contribution in [3.05, 3.63) is 33.0 Å². The van der Waals surface area contributed by atoms with Gasteiger partial charge in [0.1, 0.15) is 0 Å². The quantitative estimate of drug-likeness (QED) is 0.894. The molecule has 0 bridgehead atoms. The summed E-state index contributed by atoms with van der Waals surface area (Å²) in [6, 6.07) is 5.24. The first-order chi connectivity index (χ1) is 10.2. The molecule has 0 saturated carbocycles. The Bertz CT molecular complexity index is 574. The van der Waals surface area contributed by atoms with E-state index in [9.17, 15) is 0 Å². The zero-order valence-corrected chi connectivity index (χ0v) is 14.6. The largest absolute Gasteiger partial charge is 0.341 e. The number of nitrogens with zero attached hydrogens (tertiary/aromatic N) is 2. The van der Waals surface area contributed by atoms with E-state index in [4.69, 9.17) is 4.98 Å². The Kier molecular flexibility index (Phi) is 4.62. The fourth-order valence-electron chi connectivity index (χ4n) is 2.85. The highest BCUT2D eigenvalue weighted by Gasteiger charge is 2.26. The lowest BCUT2D eigenvalue weighted by atomic mass is 9.98. The fraction of sp³-hybridized carbons (Fsp3) is 0.562. The summed E-state index contributed by atoms with van der Waals surface area (Å²) >= 11 is 3.72. The molecule has 0 aromatic carbocycles. The van der Waals surface area contributed by atoms with Crippen molar-refractivity contribution in [1.82, 2.24) is 10.3 Å². The van der Waals surface area contributed by atoms with Crippen molar-refractivity contribution in [2.75, 3.05) is 11.9 Å². The van der Waals surface area contributed by atoms with Crippen LogP contribution in [0.1, 0.15) is 48.2 Å². The van der Waals surface area contributed by atoms with Gasteiger partial charge in [-0.1, -0.05) is 6.07 Å². The van der Waals surface area contributed by atoms with E-state index in [1.807, 2.05) is 29.7 Å². The summed E-state index contributed by atoms with van der Waals surface area (Å²) in [7, 11) is 2.05. The number of hydrogen-bond donors (Lipinski definition) is 1. The summed E-state index contributed by atoms with van der Waals surface area (Å²) < 4.78 is 0. The lowest BCUT2D eigenvalue weighted by Crippen LogP contribution is -2.29. The molecule has 5 heteroatoms. The van der Waals surface area contributed by atoms with E-state index in [1.165, 1.54) is 39.8 Å². The number of thiophene rings is 1. The average Bonchev–Trinajstić information content (AvgIpc) is 3.12. The predicted molar refractivity (Wildman–Crippen MR) is 92.5 cm³/mol. The Morgan fingerprint density at radius 1 is 1.48 bits per heavy atom. The van der Waals surface area contributed by atoms with Gasteiger partial charge in [0.25, 0.3) is 0 Å². The number of thiazole rings is 1. The molecule has 1 unspecified atom stereocenters. The minimum absolute atomic E-state index is 0.439. The van der Waals surface area contributed by atoms with Gasteiger partial charge in [0.2, 0.25) is 0 Å². The Balaban J connectivity index is 1.88. The minimum Gasteiger partial charge on any atom is -0.341 e. The Labute approximate surface area is 135 Å². The number of hydrogen-bond acceptors (Lipinski definition) is 5. The van der Waals surface area contributed by atoms with Crippen LogP contribution in [0.2, 0.25) is 0 Å². The van der Waals surface area contributed by atoms with Gasteiger partial charge in [-0.05, 0) is 51.6 Å². The SMILES string of the molecule is CNC1CCCc2sc(N(Cc3cccs3)C(C)C)nc21. The molecule has 0 aliphatic heterocycles. The van der Waals surface area contributed by atoms with E-state index < -0.39 is 0 Å². The van der Waals surface area contributed by atoms with Crippen LogP contribution in [0, 0.1) is 0 Å². The van der Waals surface area contributed by atoms with E-state index in [-0.39, 0.29) is 0 Å². The molecule has 2 aromatic heterocycles. The van der Waals surface area contributed by atoms with Gasteiger partial charge >= 0.3 is 0 Å². The van der Waals surface area contributed by atoms with Gasteiger partial charge in [0.05, 0.1) is 18.3 Å². The number of fused-ring (bicyclic) bond motifs is 1. The summed E-state index contributed by atoms with van der Waals surface area (Å²) in [5.74, 6) is 0. The number of nitrogens with one attached hydrogen (secondary N) is 1. The third-order valence-electron chi connectivity index (χ3n) is 4.07. The Morgan fingerprint density at radius 3 is 3.00 bits per heavy atom. The molecule has 114 valence electrons. The van der Waals surface area contributed by atoms with Crippen LogP contribution in [0.15, 0.2) is 17.5 Å². The molecule has 2 aromatic rings. The van der Waals surface area contributed by atoms with E-state index in [0.717, 1.165) is 6.54 Å². The van der Waals surface area contributed by atoms with Crippen molar-refractivity contribution >= 4 is 27.8 Å². The molecule has 1 N–H and O–H groups in total. The summed E-state index contributed by atoms with van der Waals surface area (Å²) in [6.45, 7) is 5.47. The maximum atomic E-state index is 4.99. The first kappa shape index (κ1) is 15.0. The van der Waals surface area contributed by atoms with Crippen LogP contribution in [-0.4, -0.2) is 18.1 Å². The molecular weight excluding hydrogens is 298 g/mol. The molecule has 0 amide bonds. The smallest absolute Gasteiger partial charge is 0.186 e. The Morgan fingerprint density at radius 2 is 2.33 bits per heavy atom. The number of aryl methyl sites for hydroxylation is 1. The molecule has 2 heterocycles. The molecule has 0 radical (unpaired) electrons. The van der Waals surface area contributed by atoms with Gasteiger partial charge in [0.15, 0.2) is 5.13 Å². The van der Waals surface area contributed by atoms with Crippen molar-refractivity contribution in [1.29, 1.82) is 0 Å². The van der Waals surface area contributed by atoms with Crippen LogP contribution in [0.4, 0.5) is 5.13 Å². The van der Waals surface area contributed by atoms with Crippen LogP contribution < -0.4 is 10.2 Å². The lowest BCUT2D eigenvalue weighted by molar-refractivity contribution is 0.489. The zero-order valence-electron chi connectivity index (χ0n) is 12.9. The number of rotatable bonds is 5. The van der Waals surface area contributed by atoms with E-state index in [0.29, 0.717) is 12.1 Å². The second-order valence-corrected chi connectivity index (χ2v) is 7.93. The first-order valence-corrected chi connectivity index (χ1v) is 9.34. The van der Waals surface area contributed by atoms with E-state index in [2.05, 4.69) is 41.6 Å². The lowest BCUT2D eigenvalue weighted by Gasteiger charge is -2.25. The molecule has 1 aliphatic rings. The van der Waals surface area contributed by atoms with Gasteiger partial charge in [-0.3, -0.25) is 0 Å². The van der Waals surface area contributed by atoms with Gasteiger partial charge < -0.3 is 10.2 Å². The van der Waals surface area contributed by atoms with Gasteiger partial charge in [0, 0.05) is 15.8 Å². The Hall–Kier alpha value is -0.910. The summed E-state index contributed by atoms with van der Waals surface area (Å²) in [4.78, 5) is 10.3. The van der Waals surface area contributed by atoms with Crippen molar-refractivity contribution in [3.63, 3.8) is 0 Å². The monoisotopic (exact) mass is 321 g/mol. The maximum absolute atomic E-state index is 4.99. The van der Waals surface area contributed by atoms with Gasteiger partial charge in [-0.15, -0.1) is 22.7 Å². The highest BCUT2D eigenvalue weighted by Crippen LogP contribution is 2.37. The van der Waals surface area contributed by atoms with Crippen LogP contribution in [0.3, 0.4) is 0 Å². The van der Waals surface area contributed by atoms with Crippen LogP contribution in [-0.2, 0) is 13.0 Å². The third-order valence-corrected chi connectivity index (χ3v) is 6.10. The normalized spacial score (nSPS) is 18.0. The highest BCUT2D eigenvalue weighted by atomic mass is 32.1. The number of aromatic nitrogens is 1. The molecule has 3 rings (SSSR count). The van der Waals surface area contributed by atoms with Crippen molar-refractivity contribution in [3.8, 4) is 0 Å². The summed E-state index contributed by atoms with van der Waals surface area (Å²) in [5, 5.41) is 6.75. The van der Waals surface area contributed by atoms with E-state index >= 15 is 0 Å². The topological polar surface area (TPSA) is 28.2 Å². The standard InChI is InChI=1S/C16H23N3S2/c1-11(2)19(10-12-6-5-9-20-12)16-18-15-13(17-3)7-4-8-14(15)21-16/h5-6,9,11,13,17H,4,7-8,10H2,1-3H3. The minimum atomic E-state index is 0.439. The molecule has 0 saturated heterocycles. The van der Waals surface area contributed by atoms with Crippen LogP contribution in [0.5, 0.6) is 0 Å².